The molecule has 4 rings (SSSR count). The van der Waals surface area contributed by atoms with Gasteiger partial charge in [-0.15, -0.1) is 0 Å². The van der Waals surface area contributed by atoms with Gasteiger partial charge in [0.15, 0.2) is 0 Å². The summed E-state index contributed by atoms with van der Waals surface area (Å²) in [6, 6.07) is 9.80. The molecule has 0 atom stereocenters. The number of hydrogen-bond donors (Lipinski definition) is 1. The third kappa shape index (κ3) is 3.19. The van der Waals surface area contributed by atoms with Crippen LogP contribution >= 0.6 is 0 Å². The number of halogens is 3. The summed E-state index contributed by atoms with van der Waals surface area (Å²) >= 11 is 0. The maximum absolute atomic E-state index is 12.7. The lowest BCUT2D eigenvalue weighted by Crippen LogP contribution is -2.16. The number of aromatic amines is 1. The van der Waals surface area contributed by atoms with Gasteiger partial charge in [0.05, 0.1) is 16.6 Å². The molecular weight excluding hydrogens is 373 g/mol. The largest absolute Gasteiger partial charge is 0.416 e. The van der Waals surface area contributed by atoms with Crippen LogP contribution in [0.2, 0.25) is 0 Å². The highest BCUT2D eigenvalue weighted by atomic mass is 19.4. The Kier molecular flexibility index (Phi) is 4.29. The molecule has 1 N–H and O–H groups in total. The van der Waals surface area contributed by atoms with Crippen LogP contribution in [0.3, 0.4) is 0 Å². The first kappa shape index (κ1) is 18.0. The van der Waals surface area contributed by atoms with Crippen LogP contribution in [0.25, 0.3) is 33.9 Å². The third-order valence-corrected chi connectivity index (χ3v) is 4.36. The van der Waals surface area contributed by atoms with E-state index in [-0.39, 0.29) is 17.4 Å². The number of rotatable bonds is 4. The summed E-state index contributed by atoms with van der Waals surface area (Å²) in [6.07, 6.45) is -3.57. The fraction of sp³-hybridized carbons (Fsp3) is 0.211. The molecule has 0 unspecified atom stereocenters. The van der Waals surface area contributed by atoms with E-state index in [4.69, 9.17) is 4.52 Å². The van der Waals surface area contributed by atoms with Gasteiger partial charge in [0.2, 0.25) is 5.82 Å². The van der Waals surface area contributed by atoms with E-state index in [9.17, 15) is 18.0 Å². The van der Waals surface area contributed by atoms with E-state index in [2.05, 4.69) is 15.1 Å². The molecule has 2 aromatic heterocycles. The maximum atomic E-state index is 12.7. The van der Waals surface area contributed by atoms with Gasteiger partial charge in [0.1, 0.15) is 0 Å². The quantitative estimate of drug-likeness (QED) is 0.559. The second kappa shape index (κ2) is 6.66. The molecule has 0 fully saturated rings. The number of fused-ring (bicyclic) bond motifs is 1. The van der Waals surface area contributed by atoms with Crippen molar-refractivity contribution in [2.24, 2.45) is 0 Å². The van der Waals surface area contributed by atoms with E-state index >= 15 is 0 Å². The first-order chi connectivity index (χ1) is 13.4. The van der Waals surface area contributed by atoms with Gasteiger partial charge in [-0.25, -0.2) is 4.79 Å². The van der Waals surface area contributed by atoms with Crippen molar-refractivity contribution in [3.05, 3.63) is 58.5 Å². The van der Waals surface area contributed by atoms with Gasteiger partial charge < -0.3 is 9.51 Å². The number of aryl methyl sites for hydroxylation is 1. The van der Waals surface area contributed by atoms with Crippen LogP contribution in [-0.4, -0.2) is 19.7 Å². The number of nitrogens with one attached hydrogen (secondary N) is 1. The number of benzene rings is 2. The smallest absolute Gasteiger partial charge is 0.334 e. The van der Waals surface area contributed by atoms with Gasteiger partial charge in [-0.1, -0.05) is 12.1 Å². The van der Waals surface area contributed by atoms with Crippen molar-refractivity contribution in [3.63, 3.8) is 0 Å². The number of imidazole rings is 1. The van der Waals surface area contributed by atoms with Crippen LogP contribution in [0.5, 0.6) is 0 Å². The molecule has 0 aliphatic carbocycles. The van der Waals surface area contributed by atoms with E-state index in [0.29, 0.717) is 23.2 Å². The average Bonchev–Trinajstić information content (AvgIpc) is 3.26. The van der Waals surface area contributed by atoms with Crippen LogP contribution in [0, 0.1) is 0 Å². The van der Waals surface area contributed by atoms with Gasteiger partial charge in [0, 0.05) is 17.7 Å². The fourth-order valence-corrected chi connectivity index (χ4v) is 3.01. The molecule has 28 heavy (non-hydrogen) atoms. The second-order valence-corrected chi connectivity index (χ2v) is 6.31. The van der Waals surface area contributed by atoms with Crippen molar-refractivity contribution in [3.8, 4) is 22.8 Å². The Labute approximate surface area is 156 Å². The van der Waals surface area contributed by atoms with Gasteiger partial charge in [-0.2, -0.15) is 18.2 Å². The molecule has 0 aliphatic heterocycles. The molecule has 0 radical (unpaired) electrons. The monoisotopic (exact) mass is 388 g/mol. The van der Waals surface area contributed by atoms with Crippen LogP contribution in [0.15, 0.2) is 51.8 Å². The first-order valence-corrected chi connectivity index (χ1v) is 8.61. The molecule has 4 aromatic rings. The van der Waals surface area contributed by atoms with Gasteiger partial charge in [-0.3, -0.25) is 4.57 Å². The van der Waals surface area contributed by atoms with Crippen molar-refractivity contribution in [2.75, 3.05) is 0 Å². The third-order valence-electron chi connectivity index (χ3n) is 4.36. The van der Waals surface area contributed by atoms with Crippen LogP contribution in [0.4, 0.5) is 13.2 Å². The first-order valence-electron chi connectivity index (χ1n) is 8.61. The van der Waals surface area contributed by atoms with Crippen LogP contribution < -0.4 is 5.69 Å². The zero-order valence-electron chi connectivity index (χ0n) is 14.7. The molecule has 9 heteroatoms. The minimum atomic E-state index is -4.40. The average molecular weight is 388 g/mol. The van der Waals surface area contributed by atoms with E-state index in [1.165, 1.54) is 12.1 Å². The SMILES string of the molecule is CCCn1c(=O)[nH]c2cc(-c3noc(-c4ccc(C(F)(F)F)cc4)n3)ccc21. The predicted octanol–water partition coefficient (Wildman–Crippen LogP) is 4.48. The summed E-state index contributed by atoms with van der Waals surface area (Å²) in [5, 5.41) is 3.90. The van der Waals surface area contributed by atoms with Crippen molar-refractivity contribution in [2.45, 2.75) is 26.1 Å². The Hall–Kier alpha value is -3.36. The van der Waals surface area contributed by atoms with Crippen molar-refractivity contribution >= 4 is 11.0 Å². The van der Waals surface area contributed by atoms with E-state index < -0.39 is 11.7 Å². The minimum Gasteiger partial charge on any atom is -0.334 e. The summed E-state index contributed by atoms with van der Waals surface area (Å²) in [5.74, 6) is 0.391. The number of alkyl halides is 3. The Morgan fingerprint density at radius 2 is 1.82 bits per heavy atom. The summed E-state index contributed by atoms with van der Waals surface area (Å²) in [4.78, 5) is 19.1. The lowest BCUT2D eigenvalue weighted by Gasteiger charge is -2.05. The van der Waals surface area contributed by atoms with Crippen LogP contribution in [-0.2, 0) is 12.7 Å². The summed E-state index contributed by atoms with van der Waals surface area (Å²) in [6.45, 7) is 2.60. The number of H-pyrrole nitrogens is 1. The fourth-order valence-electron chi connectivity index (χ4n) is 3.01. The molecule has 144 valence electrons. The second-order valence-electron chi connectivity index (χ2n) is 6.31. The highest BCUT2D eigenvalue weighted by Crippen LogP contribution is 2.31. The lowest BCUT2D eigenvalue weighted by molar-refractivity contribution is -0.137. The molecular formula is C19H15F3N4O2. The highest BCUT2D eigenvalue weighted by Gasteiger charge is 2.30. The molecule has 0 saturated carbocycles. The maximum Gasteiger partial charge on any atom is 0.416 e. The number of nitrogens with zero attached hydrogens (tertiary/aromatic N) is 3. The topological polar surface area (TPSA) is 76.7 Å². The van der Waals surface area contributed by atoms with E-state index in [1.54, 1.807) is 22.8 Å². The number of hydrogen-bond acceptors (Lipinski definition) is 4. The normalized spacial score (nSPS) is 12.0. The Morgan fingerprint density at radius 1 is 1.11 bits per heavy atom. The molecule has 0 saturated heterocycles. The lowest BCUT2D eigenvalue weighted by atomic mass is 10.1. The number of aromatic nitrogens is 4. The Bertz CT molecular complexity index is 1190. The summed E-state index contributed by atoms with van der Waals surface area (Å²) in [7, 11) is 0. The van der Waals surface area contributed by atoms with E-state index in [1.807, 2.05) is 6.92 Å². The molecule has 2 heterocycles. The van der Waals surface area contributed by atoms with Crippen molar-refractivity contribution in [1.29, 1.82) is 0 Å². The predicted molar refractivity (Wildman–Crippen MR) is 96.6 cm³/mol. The highest BCUT2D eigenvalue weighted by molar-refractivity contribution is 5.80. The van der Waals surface area contributed by atoms with Crippen LogP contribution in [0.1, 0.15) is 18.9 Å². The van der Waals surface area contributed by atoms with Gasteiger partial charge in [0.25, 0.3) is 5.89 Å². The van der Waals surface area contributed by atoms with Gasteiger partial charge in [-0.05, 0) is 48.9 Å². The van der Waals surface area contributed by atoms with Crippen molar-refractivity contribution < 1.29 is 17.7 Å². The molecule has 6 nitrogen and oxygen atoms in total. The molecule has 0 amide bonds. The molecule has 0 spiro atoms. The summed E-state index contributed by atoms with van der Waals surface area (Å²) < 4.78 is 44.9. The zero-order chi connectivity index (χ0) is 19.9. The molecule has 0 bridgehead atoms. The van der Waals surface area contributed by atoms with Gasteiger partial charge >= 0.3 is 11.9 Å². The Balaban J connectivity index is 1.66. The zero-order valence-corrected chi connectivity index (χ0v) is 14.7. The Morgan fingerprint density at radius 3 is 2.50 bits per heavy atom. The standard InChI is InChI=1S/C19H15F3N4O2/c1-2-9-26-15-8-5-12(10-14(15)23-18(26)27)16-24-17(28-25-16)11-3-6-13(7-4-11)19(20,21)22/h3-8,10H,2,9H2,1H3,(H,23,27). The van der Waals surface area contributed by atoms with Crippen molar-refractivity contribution in [1.82, 2.24) is 19.7 Å². The summed E-state index contributed by atoms with van der Waals surface area (Å²) in [5.41, 5.74) is 1.50. The van der Waals surface area contributed by atoms with E-state index in [0.717, 1.165) is 24.1 Å². The molecule has 2 aromatic carbocycles. The molecule has 0 aliphatic rings. The minimum absolute atomic E-state index is 0.112.